The molecule has 148 valence electrons. The van der Waals surface area contributed by atoms with Gasteiger partial charge in [-0.15, -0.1) is 0 Å². The Hall–Kier alpha value is -2.67. The number of nitrogens with zero attached hydrogens (tertiary/aromatic N) is 2. The molecule has 0 fully saturated rings. The number of amides is 1. The van der Waals surface area contributed by atoms with Gasteiger partial charge in [-0.3, -0.25) is 4.79 Å². The molecule has 5 nitrogen and oxygen atoms in total. The number of anilines is 1. The minimum absolute atomic E-state index is 0.141. The smallest absolute Gasteiger partial charge is 0.244 e. The highest BCUT2D eigenvalue weighted by atomic mass is 35.5. The van der Waals surface area contributed by atoms with E-state index in [-0.39, 0.29) is 17.3 Å². The van der Waals surface area contributed by atoms with E-state index in [1.54, 1.807) is 43.4 Å². The monoisotopic (exact) mass is 426 g/mol. The topological polar surface area (TPSA) is 57.7 Å². The molecular weight excluding hydrogens is 408 g/mol. The van der Waals surface area contributed by atoms with E-state index in [4.69, 9.17) is 11.6 Å². The van der Waals surface area contributed by atoms with E-state index < -0.39 is 16.1 Å². The summed E-state index contributed by atoms with van der Waals surface area (Å²) in [5.74, 6) is -0.313. The summed E-state index contributed by atoms with van der Waals surface area (Å²) < 4.78 is 28.4. The Morgan fingerprint density at radius 3 is 2.21 bits per heavy atom. The first-order valence-electron chi connectivity index (χ1n) is 9.07. The summed E-state index contributed by atoms with van der Waals surface area (Å²) >= 11 is 6.27. The van der Waals surface area contributed by atoms with Crippen LogP contribution >= 0.6 is 11.6 Å². The molecular formula is C22H19ClN2O3S. The fourth-order valence-corrected chi connectivity index (χ4v) is 5.35. The predicted molar refractivity (Wildman–Crippen MR) is 113 cm³/mol. The molecule has 0 aromatic heterocycles. The Morgan fingerprint density at radius 2 is 1.55 bits per heavy atom. The van der Waals surface area contributed by atoms with Crippen molar-refractivity contribution in [2.45, 2.75) is 10.9 Å². The van der Waals surface area contributed by atoms with Gasteiger partial charge >= 0.3 is 0 Å². The molecule has 1 amide bonds. The molecule has 7 heteroatoms. The molecule has 0 N–H and O–H groups in total. The summed E-state index contributed by atoms with van der Waals surface area (Å²) in [5, 5.41) is 0.476. The van der Waals surface area contributed by atoms with Crippen LogP contribution in [0.25, 0.3) is 0 Å². The number of sulfonamides is 1. The van der Waals surface area contributed by atoms with Crippen molar-refractivity contribution in [1.29, 1.82) is 0 Å². The average molecular weight is 427 g/mol. The van der Waals surface area contributed by atoms with Crippen LogP contribution in [-0.2, 0) is 14.8 Å². The lowest BCUT2D eigenvalue weighted by Gasteiger charge is -2.29. The van der Waals surface area contributed by atoms with Crippen LogP contribution in [0.4, 0.5) is 5.69 Å². The molecule has 0 spiro atoms. The normalized spacial score (nSPS) is 17.7. The van der Waals surface area contributed by atoms with Gasteiger partial charge in [0.2, 0.25) is 15.9 Å². The minimum atomic E-state index is -3.95. The van der Waals surface area contributed by atoms with Crippen LogP contribution in [0.15, 0.2) is 83.8 Å². The quantitative estimate of drug-likeness (QED) is 0.633. The van der Waals surface area contributed by atoms with Gasteiger partial charge < -0.3 is 4.90 Å². The third-order valence-electron chi connectivity index (χ3n) is 5.06. The van der Waals surface area contributed by atoms with Gasteiger partial charge in [-0.25, -0.2) is 8.42 Å². The second-order valence-electron chi connectivity index (χ2n) is 6.83. The number of likely N-dealkylation sites (N-methyl/N-ethyl adjacent to an activating group) is 1. The van der Waals surface area contributed by atoms with Gasteiger partial charge in [0, 0.05) is 23.3 Å². The zero-order valence-electron chi connectivity index (χ0n) is 15.7. The Labute approximate surface area is 175 Å². The van der Waals surface area contributed by atoms with Crippen LogP contribution < -0.4 is 4.90 Å². The molecule has 0 bridgehead atoms. The fraction of sp³-hybridized carbons (Fsp3) is 0.136. The molecule has 1 atom stereocenters. The van der Waals surface area contributed by atoms with E-state index in [0.717, 1.165) is 5.56 Å². The number of carbonyl (C=O) groups is 1. The molecule has 4 rings (SSSR count). The highest BCUT2D eigenvalue weighted by Crippen LogP contribution is 2.41. The number of carbonyl (C=O) groups excluding carboxylic acids is 1. The van der Waals surface area contributed by atoms with Crippen LogP contribution in [0, 0.1) is 0 Å². The maximum absolute atomic E-state index is 13.6. The highest BCUT2D eigenvalue weighted by Gasteiger charge is 2.40. The van der Waals surface area contributed by atoms with Crippen LogP contribution in [-0.4, -0.2) is 32.2 Å². The summed E-state index contributed by atoms with van der Waals surface area (Å²) in [7, 11) is -2.30. The lowest BCUT2D eigenvalue weighted by Crippen LogP contribution is -2.40. The van der Waals surface area contributed by atoms with E-state index in [1.807, 2.05) is 30.3 Å². The first-order valence-corrected chi connectivity index (χ1v) is 10.9. The van der Waals surface area contributed by atoms with Crippen molar-refractivity contribution >= 4 is 33.2 Å². The van der Waals surface area contributed by atoms with Crippen LogP contribution in [0.2, 0.25) is 5.02 Å². The Kier molecular flexibility index (Phi) is 5.17. The minimum Gasteiger partial charge on any atom is -0.314 e. The summed E-state index contributed by atoms with van der Waals surface area (Å²) in [6.45, 7) is -0.278. The van der Waals surface area contributed by atoms with Gasteiger partial charge in [-0.2, -0.15) is 4.31 Å². The Bertz CT molecular complexity index is 1150. The molecule has 29 heavy (non-hydrogen) atoms. The van der Waals surface area contributed by atoms with Gasteiger partial charge in [0.15, 0.2) is 0 Å². The molecule has 0 aliphatic carbocycles. The highest BCUT2D eigenvalue weighted by molar-refractivity contribution is 7.89. The van der Waals surface area contributed by atoms with Crippen molar-refractivity contribution < 1.29 is 13.2 Å². The second kappa shape index (κ2) is 7.63. The fourth-order valence-electron chi connectivity index (χ4n) is 3.60. The zero-order valence-corrected chi connectivity index (χ0v) is 17.3. The van der Waals surface area contributed by atoms with Gasteiger partial charge in [-0.1, -0.05) is 60.1 Å². The summed E-state index contributed by atoms with van der Waals surface area (Å²) in [6, 6.07) is 22.0. The standard InChI is InChI=1S/C22H19ClN2O3S/c1-24-20-13-12-17(23)14-19(20)22(16-8-4-2-5-9-16)25(15-21(24)26)29(27,28)18-10-6-3-7-11-18/h2-14,22H,15H2,1H3. The van der Waals surface area contributed by atoms with Gasteiger partial charge in [-0.05, 0) is 35.9 Å². The third-order valence-corrected chi connectivity index (χ3v) is 7.12. The maximum atomic E-state index is 13.6. The second-order valence-corrected chi connectivity index (χ2v) is 9.16. The number of fused-ring (bicyclic) bond motifs is 1. The van der Waals surface area contributed by atoms with E-state index in [2.05, 4.69) is 0 Å². The predicted octanol–water partition coefficient (Wildman–Crippen LogP) is 4.10. The largest absolute Gasteiger partial charge is 0.314 e. The third kappa shape index (κ3) is 3.55. The number of hydrogen-bond donors (Lipinski definition) is 0. The molecule has 0 saturated carbocycles. The first kappa shape index (κ1) is 19.6. The Balaban J connectivity index is 2.00. The summed E-state index contributed by atoms with van der Waals surface area (Å²) in [5.41, 5.74) is 2.06. The lowest BCUT2D eigenvalue weighted by atomic mass is 9.97. The van der Waals surface area contributed by atoms with Crippen molar-refractivity contribution in [2.24, 2.45) is 0 Å². The average Bonchev–Trinajstić information content (AvgIpc) is 2.84. The molecule has 3 aromatic carbocycles. The van der Waals surface area contributed by atoms with Crippen molar-refractivity contribution in [2.75, 3.05) is 18.5 Å². The first-order chi connectivity index (χ1) is 13.9. The number of rotatable bonds is 3. The SMILES string of the molecule is CN1C(=O)CN(S(=O)(=O)c2ccccc2)C(c2ccccc2)c2cc(Cl)ccc21. The maximum Gasteiger partial charge on any atom is 0.244 e. The molecule has 0 saturated heterocycles. The van der Waals surface area contributed by atoms with E-state index >= 15 is 0 Å². The van der Waals surface area contributed by atoms with Gasteiger partial charge in [0.05, 0.1) is 17.5 Å². The van der Waals surface area contributed by atoms with Crippen molar-refractivity contribution in [1.82, 2.24) is 4.31 Å². The summed E-state index contributed by atoms with van der Waals surface area (Å²) in [4.78, 5) is 14.5. The van der Waals surface area contributed by atoms with Crippen LogP contribution in [0.5, 0.6) is 0 Å². The van der Waals surface area contributed by atoms with Crippen molar-refractivity contribution in [3.63, 3.8) is 0 Å². The number of benzene rings is 3. The summed E-state index contributed by atoms with van der Waals surface area (Å²) in [6.07, 6.45) is 0. The Morgan fingerprint density at radius 1 is 0.931 bits per heavy atom. The molecule has 1 aliphatic rings. The van der Waals surface area contributed by atoms with E-state index in [0.29, 0.717) is 16.3 Å². The van der Waals surface area contributed by atoms with Gasteiger partial charge in [0.25, 0.3) is 0 Å². The molecule has 3 aromatic rings. The molecule has 0 radical (unpaired) electrons. The number of hydrogen-bond acceptors (Lipinski definition) is 3. The van der Waals surface area contributed by atoms with Crippen molar-refractivity contribution in [3.8, 4) is 0 Å². The van der Waals surface area contributed by atoms with E-state index in [9.17, 15) is 13.2 Å². The van der Waals surface area contributed by atoms with Crippen LogP contribution in [0.1, 0.15) is 17.2 Å². The van der Waals surface area contributed by atoms with Crippen molar-refractivity contribution in [3.05, 3.63) is 95.0 Å². The molecule has 1 heterocycles. The van der Waals surface area contributed by atoms with Gasteiger partial charge in [0.1, 0.15) is 0 Å². The number of halogens is 1. The molecule has 1 unspecified atom stereocenters. The van der Waals surface area contributed by atoms with E-state index in [1.165, 1.54) is 21.3 Å². The zero-order chi connectivity index (χ0) is 20.6. The molecule has 1 aliphatic heterocycles. The van der Waals surface area contributed by atoms with Crippen LogP contribution in [0.3, 0.4) is 0 Å². The lowest BCUT2D eigenvalue weighted by molar-refractivity contribution is -0.118.